The molecule has 1 heterocycles. The van der Waals surface area contributed by atoms with E-state index in [1.807, 2.05) is 13.0 Å². The fourth-order valence-corrected chi connectivity index (χ4v) is 2.39. The van der Waals surface area contributed by atoms with Crippen LogP contribution >= 0.6 is 0 Å². The van der Waals surface area contributed by atoms with Gasteiger partial charge in [0, 0.05) is 20.2 Å². The second-order valence-electron chi connectivity index (χ2n) is 4.70. The Morgan fingerprint density at radius 3 is 3.00 bits per heavy atom. The van der Waals surface area contributed by atoms with Crippen molar-refractivity contribution in [3.05, 3.63) is 29.6 Å². The quantitative estimate of drug-likeness (QED) is 0.837. The number of ether oxygens (including phenoxy) is 2. The zero-order chi connectivity index (χ0) is 13.8. The van der Waals surface area contributed by atoms with Gasteiger partial charge in [0.25, 0.3) is 0 Å². The summed E-state index contributed by atoms with van der Waals surface area (Å²) in [6.07, 6.45) is 0.0100. The molecule has 102 valence electrons. The number of anilines is 1. The van der Waals surface area contributed by atoms with Crippen molar-refractivity contribution in [3.63, 3.8) is 0 Å². The third kappa shape index (κ3) is 3.22. The topological polar surface area (TPSA) is 45.5 Å². The zero-order valence-corrected chi connectivity index (χ0v) is 11.1. The van der Waals surface area contributed by atoms with E-state index >= 15 is 0 Å². The molecule has 1 aromatic rings. The van der Waals surface area contributed by atoms with E-state index in [1.165, 1.54) is 12.1 Å². The first-order valence-electron chi connectivity index (χ1n) is 6.23. The van der Waals surface area contributed by atoms with Crippen LogP contribution in [0.1, 0.15) is 12.5 Å². The summed E-state index contributed by atoms with van der Waals surface area (Å²) in [5.41, 5.74) is 1.10. The predicted molar refractivity (Wildman–Crippen MR) is 69.5 cm³/mol. The molecular weight excluding hydrogens is 247 g/mol. The summed E-state index contributed by atoms with van der Waals surface area (Å²) in [4.78, 5) is 2.05. The number of morpholine rings is 1. The monoisotopic (exact) mass is 264 g/mol. The van der Waals surface area contributed by atoms with Crippen LogP contribution in [0.5, 0.6) is 0 Å². The van der Waals surface area contributed by atoms with Crippen molar-refractivity contribution in [3.8, 4) is 6.07 Å². The SMILES string of the molecule is COCC1CN(c2ccc(F)cc2C#N)CC(C)O1. The van der Waals surface area contributed by atoms with E-state index in [0.29, 0.717) is 25.3 Å². The Balaban J connectivity index is 2.23. The Hall–Kier alpha value is -1.64. The molecule has 1 aliphatic heterocycles. The first-order chi connectivity index (χ1) is 9.13. The molecule has 0 aromatic heterocycles. The average Bonchev–Trinajstić information content (AvgIpc) is 2.38. The Bertz CT molecular complexity index is 487. The average molecular weight is 264 g/mol. The number of nitrogens with zero attached hydrogens (tertiary/aromatic N) is 2. The van der Waals surface area contributed by atoms with Crippen LogP contribution in [0.3, 0.4) is 0 Å². The Morgan fingerprint density at radius 2 is 2.32 bits per heavy atom. The maximum absolute atomic E-state index is 13.2. The highest BCUT2D eigenvalue weighted by atomic mass is 19.1. The second-order valence-corrected chi connectivity index (χ2v) is 4.70. The lowest BCUT2D eigenvalue weighted by atomic mass is 10.1. The normalized spacial score (nSPS) is 23.2. The largest absolute Gasteiger partial charge is 0.382 e. The number of benzene rings is 1. The van der Waals surface area contributed by atoms with Crippen molar-refractivity contribution in [2.45, 2.75) is 19.1 Å². The third-order valence-electron chi connectivity index (χ3n) is 3.10. The fraction of sp³-hybridized carbons (Fsp3) is 0.500. The molecule has 5 heteroatoms. The molecule has 0 radical (unpaired) electrons. The summed E-state index contributed by atoms with van der Waals surface area (Å²) in [6.45, 7) is 3.80. The van der Waals surface area contributed by atoms with Gasteiger partial charge in [0.15, 0.2) is 0 Å². The summed E-state index contributed by atoms with van der Waals surface area (Å²) in [6, 6.07) is 6.33. The summed E-state index contributed by atoms with van der Waals surface area (Å²) in [5, 5.41) is 9.11. The fourth-order valence-electron chi connectivity index (χ4n) is 2.39. The number of methoxy groups -OCH3 is 1. The molecule has 1 aliphatic rings. The van der Waals surface area contributed by atoms with Crippen LogP contribution in [0.25, 0.3) is 0 Å². The summed E-state index contributed by atoms with van der Waals surface area (Å²) >= 11 is 0. The van der Waals surface area contributed by atoms with E-state index < -0.39 is 5.82 Å². The van der Waals surface area contributed by atoms with Crippen LogP contribution in [0, 0.1) is 17.1 Å². The molecular formula is C14H17FN2O2. The van der Waals surface area contributed by atoms with Gasteiger partial charge < -0.3 is 14.4 Å². The summed E-state index contributed by atoms with van der Waals surface area (Å²) in [7, 11) is 1.63. The van der Waals surface area contributed by atoms with Gasteiger partial charge in [-0.2, -0.15) is 5.26 Å². The van der Waals surface area contributed by atoms with E-state index in [-0.39, 0.29) is 12.2 Å². The minimum atomic E-state index is -0.393. The molecule has 1 fully saturated rings. The van der Waals surface area contributed by atoms with Gasteiger partial charge in [-0.15, -0.1) is 0 Å². The van der Waals surface area contributed by atoms with E-state index in [2.05, 4.69) is 4.90 Å². The van der Waals surface area contributed by atoms with Gasteiger partial charge in [-0.1, -0.05) is 0 Å². The third-order valence-corrected chi connectivity index (χ3v) is 3.10. The van der Waals surface area contributed by atoms with Crippen molar-refractivity contribution in [2.24, 2.45) is 0 Å². The predicted octanol–water partition coefficient (Wildman–Crippen LogP) is 1.94. The van der Waals surface area contributed by atoms with Crippen molar-refractivity contribution in [1.29, 1.82) is 5.26 Å². The minimum absolute atomic E-state index is 0.0367. The molecule has 0 saturated carbocycles. The standard InChI is InChI=1S/C14H17FN2O2/c1-10-7-17(8-13(19-10)9-18-2)14-4-3-12(15)5-11(14)6-16/h3-5,10,13H,7-9H2,1-2H3. The zero-order valence-electron chi connectivity index (χ0n) is 11.1. The lowest BCUT2D eigenvalue weighted by Crippen LogP contribution is -2.48. The van der Waals surface area contributed by atoms with E-state index in [9.17, 15) is 4.39 Å². The maximum atomic E-state index is 13.2. The minimum Gasteiger partial charge on any atom is -0.382 e. The number of nitriles is 1. The molecule has 2 unspecified atom stereocenters. The number of halogens is 1. The van der Waals surface area contributed by atoms with Gasteiger partial charge in [-0.25, -0.2) is 4.39 Å². The molecule has 0 amide bonds. The first kappa shape index (κ1) is 13.8. The smallest absolute Gasteiger partial charge is 0.124 e. The van der Waals surface area contributed by atoms with Gasteiger partial charge in [0.2, 0.25) is 0 Å². The summed E-state index contributed by atoms with van der Waals surface area (Å²) in [5.74, 6) is -0.393. The van der Waals surface area contributed by atoms with E-state index in [1.54, 1.807) is 13.2 Å². The van der Waals surface area contributed by atoms with Crippen LogP contribution in [0.4, 0.5) is 10.1 Å². The molecule has 19 heavy (non-hydrogen) atoms. The molecule has 4 nitrogen and oxygen atoms in total. The van der Waals surface area contributed by atoms with E-state index in [0.717, 1.165) is 5.69 Å². The van der Waals surface area contributed by atoms with E-state index in [4.69, 9.17) is 14.7 Å². The van der Waals surface area contributed by atoms with Gasteiger partial charge in [0.1, 0.15) is 11.9 Å². The van der Waals surface area contributed by atoms with Crippen molar-refractivity contribution in [2.75, 3.05) is 31.7 Å². The number of hydrogen-bond donors (Lipinski definition) is 0. The van der Waals surface area contributed by atoms with Crippen LogP contribution in [0.2, 0.25) is 0 Å². The van der Waals surface area contributed by atoms with Gasteiger partial charge in [0.05, 0.1) is 30.1 Å². The Kier molecular flexibility index (Phi) is 4.35. The molecule has 2 atom stereocenters. The molecule has 0 bridgehead atoms. The van der Waals surface area contributed by atoms with Gasteiger partial charge in [-0.05, 0) is 25.1 Å². The molecule has 2 rings (SSSR count). The number of rotatable bonds is 3. The van der Waals surface area contributed by atoms with Crippen molar-refractivity contribution >= 4 is 5.69 Å². The number of hydrogen-bond acceptors (Lipinski definition) is 4. The highest BCUT2D eigenvalue weighted by Gasteiger charge is 2.26. The lowest BCUT2D eigenvalue weighted by Gasteiger charge is -2.38. The molecule has 0 N–H and O–H groups in total. The second kappa shape index (κ2) is 6.00. The summed E-state index contributed by atoms with van der Waals surface area (Å²) < 4.78 is 24.0. The highest BCUT2D eigenvalue weighted by molar-refractivity contribution is 5.59. The van der Waals surface area contributed by atoms with Crippen LogP contribution in [0.15, 0.2) is 18.2 Å². The molecule has 0 aliphatic carbocycles. The maximum Gasteiger partial charge on any atom is 0.124 e. The molecule has 1 saturated heterocycles. The molecule has 1 aromatic carbocycles. The van der Waals surface area contributed by atoms with Crippen molar-refractivity contribution < 1.29 is 13.9 Å². The van der Waals surface area contributed by atoms with Crippen LogP contribution in [-0.2, 0) is 9.47 Å². The Morgan fingerprint density at radius 1 is 1.53 bits per heavy atom. The van der Waals surface area contributed by atoms with Crippen LogP contribution < -0.4 is 4.90 Å². The van der Waals surface area contributed by atoms with Crippen LogP contribution in [-0.4, -0.2) is 39.0 Å². The first-order valence-corrected chi connectivity index (χ1v) is 6.23. The van der Waals surface area contributed by atoms with Crippen molar-refractivity contribution in [1.82, 2.24) is 0 Å². The van der Waals surface area contributed by atoms with Gasteiger partial charge >= 0.3 is 0 Å². The van der Waals surface area contributed by atoms with Gasteiger partial charge in [-0.3, -0.25) is 0 Å². The highest BCUT2D eigenvalue weighted by Crippen LogP contribution is 2.25. The Labute approximate surface area is 112 Å². The lowest BCUT2D eigenvalue weighted by molar-refractivity contribution is -0.0511. The molecule has 0 spiro atoms.